The normalized spacial score (nSPS) is 12.6. The highest BCUT2D eigenvalue weighted by molar-refractivity contribution is 6.32. The Hall–Kier alpha value is -2.71. The molecule has 2 N–H and O–H groups in total. The van der Waals surface area contributed by atoms with Gasteiger partial charge in [-0.1, -0.05) is 24.4 Å². The highest BCUT2D eigenvalue weighted by Crippen LogP contribution is 2.29. The maximum atomic E-state index is 12.6. The molecule has 130 valence electrons. The van der Waals surface area contributed by atoms with Crippen molar-refractivity contribution in [2.75, 3.05) is 12.4 Å². The minimum absolute atomic E-state index is 0.294. The third kappa shape index (κ3) is 4.43. The fourth-order valence-corrected chi connectivity index (χ4v) is 2.37. The number of benzene rings is 1. The van der Waals surface area contributed by atoms with Crippen molar-refractivity contribution in [2.24, 2.45) is 0 Å². The first-order chi connectivity index (χ1) is 11.9. The molecule has 0 aliphatic carbocycles. The van der Waals surface area contributed by atoms with Gasteiger partial charge in [0.25, 0.3) is 5.91 Å². The van der Waals surface area contributed by atoms with Gasteiger partial charge >= 0.3 is 0 Å². The van der Waals surface area contributed by atoms with E-state index in [2.05, 4.69) is 21.5 Å². The number of ether oxygens (including phenoxy) is 1. The number of pyridine rings is 1. The van der Waals surface area contributed by atoms with Crippen LogP contribution in [-0.4, -0.2) is 23.5 Å². The molecule has 0 aliphatic heterocycles. The number of rotatable bonds is 6. The Morgan fingerprint density at radius 1 is 1.44 bits per heavy atom. The Labute approximate surface area is 152 Å². The Morgan fingerprint density at radius 2 is 2.20 bits per heavy atom. The van der Waals surface area contributed by atoms with Gasteiger partial charge in [0.15, 0.2) is 0 Å². The van der Waals surface area contributed by atoms with Crippen molar-refractivity contribution < 1.29 is 9.53 Å². The van der Waals surface area contributed by atoms with Gasteiger partial charge in [-0.05, 0) is 43.7 Å². The van der Waals surface area contributed by atoms with Crippen LogP contribution >= 0.6 is 11.6 Å². The molecule has 0 fully saturated rings. The summed E-state index contributed by atoms with van der Waals surface area (Å²) < 4.78 is 5.13. The van der Waals surface area contributed by atoms with Crippen LogP contribution in [0.4, 0.5) is 11.5 Å². The molecule has 6 heteroatoms. The van der Waals surface area contributed by atoms with Crippen molar-refractivity contribution in [3.05, 3.63) is 47.1 Å². The number of carbonyl (C=O) groups is 1. The number of halogens is 1. The van der Waals surface area contributed by atoms with Crippen LogP contribution in [0, 0.1) is 12.3 Å². The predicted molar refractivity (Wildman–Crippen MR) is 101 cm³/mol. The highest BCUT2D eigenvalue weighted by atomic mass is 35.5. The summed E-state index contributed by atoms with van der Waals surface area (Å²) in [6, 6.07) is 8.61. The number of anilines is 2. The van der Waals surface area contributed by atoms with Crippen LogP contribution in [0.2, 0.25) is 5.02 Å². The minimum atomic E-state index is -0.715. The van der Waals surface area contributed by atoms with Crippen molar-refractivity contribution in [2.45, 2.75) is 25.8 Å². The SMILES string of the molecule is C#CC(C)(CC)NC(=O)c1cccnc1Nc1ccc(OC)c(Cl)c1. The molecule has 0 spiro atoms. The highest BCUT2D eigenvalue weighted by Gasteiger charge is 2.23. The predicted octanol–water partition coefficient (Wildman–Crippen LogP) is 4.02. The topological polar surface area (TPSA) is 63.2 Å². The zero-order chi connectivity index (χ0) is 18.4. The lowest BCUT2D eigenvalue weighted by molar-refractivity contribution is 0.0924. The minimum Gasteiger partial charge on any atom is -0.495 e. The average molecular weight is 358 g/mol. The molecule has 0 aliphatic rings. The lowest BCUT2D eigenvalue weighted by atomic mass is 9.99. The fourth-order valence-electron chi connectivity index (χ4n) is 2.11. The number of amides is 1. The first-order valence-corrected chi connectivity index (χ1v) is 8.16. The molecule has 25 heavy (non-hydrogen) atoms. The quantitative estimate of drug-likeness (QED) is 0.766. The Bertz CT molecular complexity index is 817. The second kappa shape index (κ2) is 7.91. The van der Waals surface area contributed by atoms with Gasteiger partial charge in [-0.25, -0.2) is 4.98 Å². The van der Waals surface area contributed by atoms with E-state index in [1.165, 1.54) is 0 Å². The molecule has 1 atom stereocenters. The van der Waals surface area contributed by atoms with E-state index in [0.717, 1.165) is 0 Å². The molecule has 1 heterocycles. The van der Waals surface area contributed by atoms with Crippen molar-refractivity contribution in [1.29, 1.82) is 0 Å². The van der Waals surface area contributed by atoms with Crippen LogP contribution in [-0.2, 0) is 0 Å². The van der Waals surface area contributed by atoms with Crippen LogP contribution < -0.4 is 15.4 Å². The van der Waals surface area contributed by atoms with Crippen molar-refractivity contribution in [3.8, 4) is 18.1 Å². The van der Waals surface area contributed by atoms with Crippen molar-refractivity contribution in [3.63, 3.8) is 0 Å². The van der Waals surface area contributed by atoms with Gasteiger partial charge in [0, 0.05) is 11.9 Å². The first-order valence-electron chi connectivity index (χ1n) is 7.78. The number of terminal acetylenes is 1. The van der Waals surface area contributed by atoms with E-state index in [9.17, 15) is 4.79 Å². The monoisotopic (exact) mass is 357 g/mol. The van der Waals surface area contributed by atoms with Gasteiger partial charge in [0.2, 0.25) is 0 Å². The van der Waals surface area contributed by atoms with Crippen LogP contribution in [0.5, 0.6) is 5.75 Å². The third-order valence-electron chi connectivity index (χ3n) is 3.88. The summed E-state index contributed by atoms with van der Waals surface area (Å²) in [7, 11) is 1.55. The van der Waals surface area contributed by atoms with E-state index in [1.807, 2.05) is 6.92 Å². The summed E-state index contributed by atoms with van der Waals surface area (Å²) in [5, 5.41) is 6.43. The molecule has 1 amide bonds. The smallest absolute Gasteiger partial charge is 0.256 e. The molecule has 2 rings (SSSR count). The van der Waals surface area contributed by atoms with E-state index in [4.69, 9.17) is 22.8 Å². The van der Waals surface area contributed by atoms with Crippen molar-refractivity contribution >= 4 is 29.0 Å². The first kappa shape index (κ1) is 18.6. The molecule has 0 saturated heterocycles. The van der Waals surface area contributed by atoms with Crippen LogP contribution in [0.3, 0.4) is 0 Å². The van der Waals surface area contributed by atoms with Crippen molar-refractivity contribution in [1.82, 2.24) is 10.3 Å². The number of aromatic nitrogens is 1. The summed E-state index contributed by atoms with van der Waals surface area (Å²) in [5.41, 5.74) is 0.367. The standard InChI is InChI=1S/C19H20ClN3O2/c1-5-19(3,6-2)23-18(24)14-8-7-11-21-17(14)22-13-9-10-16(25-4)15(20)12-13/h1,7-12H,6H2,2-4H3,(H,21,22)(H,23,24). The third-order valence-corrected chi connectivity index (χ3v) is 4.18. The molecule has 0 radical (unpaired) electrons. The fraction of sp³-hybridized carbons (Fsp3) is 0.263. The summed E-state index contributed by atoms with van der Waals surface area (Å²) in [5.74, 6) is 3.30. The van der Waals surface area contributed by atoms with Gasteiger partial charge in [0.05, 0.1) is 23.2 Å². The lowest BCUT2D eigenvalue weighted by Gasteiger charge is -2.24. The van der Waals surface area contributed by atoms with E-state index in [0.29, 0.717) is 34.3 Å². The second-order valence-electron chi connectivity index (χ2n) is 5.66. The molecule has 0 saturated carbocycles. The van der Waals surface area contributed by atoms with E-state index in [-0.39, 0.29) is 5.91 Å². The van der Waals surface area contributed by atoms with Crippen LogP contribution in [0.1, 0.15) is 30.6 Å². The van der Waals surface area contributed by atoms with Gasteiger partial charge in [-0.2, -0.15) is 0 Å². The Kier molecular flexibility index (Phi) is 5.89. The number of carbonyl (C=O) groups excluding carboxylic acids is 1. The molecule has 1 unspecified atom stereocenters. The zero-order valence-electron chi connectivity index (χ0n) is 14.4. The average Bonchev–Trinajstić information content (AvgIpc) is 2.62. The second-order valence-corrected chi connectivity index (χ2v) is 6.07. The van der Waals surface area contributed by atoms with Crippen LogP contribution in [0.15, 0.2) is 36.5 Å². The number of nitrogens with one attached hydrogen (secondary N) is 2. The van der Waals surface area contributed by atoms with E-state index >= 15 is 0 Å². The van der Waals surface area contributed by atoms with E-state index < -0.39 is 5.54 Å². The molecule has 2 aromatic rings. The van der Waals surface area contributed by atoms with Gasteiger partial charge in [-0.15, -0.1) is 6.42 Å². The summed E-state index contributed by atoms with van der Waals surface area (Å²) in [4.78, 5) is 16.9. The molecule has 1 aromatic carbocycles. The van der Waals surface area contributed by atoms with Gasteiger partial charge < -0.3 is 15.4 Å². The maximum absolute atomic E-state index is 12.6. The molecule has 0 bridgehead atoms. The van der Waals surface area contributed by atoms with Gasteiger partial charge in [-0.3, -0.25) is 4.79 Å². The Morgan fingerprint density at radius 3 is 2.80 bits per heavy atom. The molecule has 1 aromatic heterocycles. The maximum Gasteiger partial charge on any atom is 0.256 e. The molecular weight excluding hydrogens is 338 g/mol. The molecule has 5 nitrogen and oxygen atoms in total. The lowest BCUT2D eigenvalue weighted by Crippen LogP contribution is -2.44. The summed E-state index contributed by atoms with van der Waals surface area (Å²) in [6.07, 6.45) is 7.75. The summed E-state index contributed by atoms with van der Waals surface area (Å²) >= 11 is 6.14. The number of methoxy groups -OCH3 is 1. The zero-order valence-corrected chi connectivity index (χ0v) is 15.1. The van der Waals surface area contributed by atoms with Gasteiger partial charge in [0.1, 0.15) is 11.6 Å². The number of hydrogen-bond donors (Lipinski definition) is 2. The van der Waals surface area contributed by atoms with Crippen LogP contribution in [0.25, 0.3) is 0 Å². The molecular formula is C19H20ClN3O2. The number of hydrogen-bond acceptors (Lipinski definition) is 4. The van der Waals surface area contributed by atoms with E-state index in [1.54, 1.807) is 50.6 Å². The number of nitrogens with zero attached hydrogens (tertiary/aromatic N) is 1. The largest absolute Gasteiger partial charge is 0.495 e. The summed E-state index contributed by atoms with van der Waals surface area (Å²) in [6.45, 7) is 3.72. The Balaban J connectivity index is 2.28.